The molecule has 0 heterocycles. The molecule has 10 heteroatoms. The van der Waals surface area contributed by atoms with Gasteiger partial charge in [-0.25, -0.2) is 13.2 Å². The van der Waals surface area contributed by atoms with Gasteiger partial charge in [0.2, 0.25) is 0 Å². The number of hydrogen-bond acceptors (Lipinski definition) is 7. The molecule has 0 N–H and O–H groups in total. The molecule has 1 amide bonds. The number of nitro benzene ring substituents is 1. The monoisotopic (exact) mass is 398 g/mol. The first-order chi connectivity index (χ1) is 12.6. The number of amides is 1. The zero-order valence-corrected chi connectivity index (χ0v) is 16.0. The molecule has 0 aliphatic heterocycles. The summed E-state index contributed by atoms with van der Waals surface area (Å²) in [6.07, 6.45) is 3.80. The SMILES string of the molecule is CCCN(CC1CC1)C(=O)COC(=O)c1ccc(S(C)(=O)=O)c([N+](=O)[O-])c1. The minimum atomic E-state index is -3.82. The third-order valence-corrected chi connectivity index (χ3v) is 5.28. The molecule has 148 valence electrons. The first-order valence-corrected chi connectivity index (χ1v) is 10.5. The standard InChI is InChI=1S/C17H22N2O7S/c1-3-8-18(10-12-4-5-12)16(20)11-26-17(21)13-6-7-15(27(2,24)25)14(9-13)19(22)23/h6-7,9,12H,3-5,8,10-11H2,1-2H3. The third kappa shape index (κ3) is 5.75. The maximum Gasteiger partial charge on any atom is 0.338 e. The van der Waals surface area contributed by atoms with Gasteiger partial charge in [0, 0.05) is 25.4 Å². The van der Waals surface area contributed by atoms with E-state index in [1.807, 2.05) is 6.92 Å². The van der Waals surface area contributed by atoms with E-state index in [0.717, 1.165) is 43.7 Å². The number of nitrogens with zero attached hydrogens (tertiary/aromatic N) is 2. The van der Waals surface area contributed by atoms with Gasteiger partial charge in [0.1, 0.15) is 4.90 Å². The van der Waals surface area contributed by atoms with Gasteiger partial charge in [-0.3, -0.25) is 14.9 Å². The molecule has 0 saturated heterocycles. The van der Waals surface area contributed by atoms with Crippen molar-refractivity contribution in [2.75, 3.05) is 26.0 Å². The van der Waals surface area contributed by atoms with Gasteiger partial charge < -0.3 is 9.64 Å². The summed E-state index contributed by atoms with van der Waals surface area (Å²) in [5.74, 6) is -0.740. The molecule has 1 aliphatic rings. The Morgan fingerprint density at radius 1 is 1.33 bits per heavy atom. The molecule has 2 rings (SSSR count). The van der Waals surface area contributed by atoms with Crippen LogP contribution in [-0.2, 0) is 19.4 Å². The van der Waals surface area contributed by atoms with Crippen molar-refractivity contribution in [2.45, 2.75) is 31.1 Å². The Balaban J connectivity index is 2.07. The van der Waals surface area contributed by atoms with Crippen molar-refractivity contribution >= 4 is 27.4 Å². The highest BCUT2D eigenvalue weighted by molar-refractivity contribution is 7.90. The van der Waals surface area contributed by atoms with Gasteiger partial charge in [-0.05, 0) is 37.3 Å². The summed E-state index contributed by atoms with van der Waals surface area (Å²) < 4.78 is 28.2. The minimum absolute atomic E-state index is 0.189. The van der Waals surface area contributed by atoms with Crippen LogP contribution in [0.25, 0.3) is 0 Å². The van der Waals surface area contributed by atoms with Crippen molar-refractivity contribution in [1.29, 1.82) is 0 Å². The smallest absolute Gasteiger partial charge is 0.338 e. The van der Waals surface area contributed by atoms with Crippen LogP contribution in [0.1, 0.15) is 36.5 Å². The Hall–Kier alpha value is -2.49. The molecule has 0 bridgehead atoms. The second kappa shape index (κ2) is 8.47. The van der Waals surface area contributed by atoms with E-state index in [-0.39, 0.29) is 11.5 Å². The summed E-state index contributed by atoms with van der Waals surface area (Å²) in [7, 11) is -3.82. The van der Waals surface area contributed by atoms with E-state index < -0.39 is 37.9 Å². The zero-order valence-electron chi connectivity index (χ0n) is 15.2. The van der Waals surface area contributed by atoms with E-state index in [2.05, 4.69) is 0 Å². The van der Waals surface area contributed by atoms with E-state index in [0.29, 0.717) is 19.0 Å². The highest BCUT2D eigenvalue weighted by atomic mass is 32.2. The Kier molecular flexibility index (Phi) is 6.53. The minimum Gasteiger partial charge on any atom is -0.452 e. The predicted molar refractivity (Wildman–Crippen MR) is 96.1 cm³/mol. The topological polar surface area (TPSA) is 124 Å². The number of ether oxygens (including phenoxy) is 1. The van der Waals surface area contributed by atoms with Gasteiger partial charge in [0.05, 0.1) is 10.5 Å². The first-order valence-electron chi connectivity index (χ1n) is 8.57. The van der Waals surface area contributed by atoms with E-state index in [1.54, 1.807) is 4.90 Å². The summed E-state index contributed by atoms with van der Waals surface area (Å²) in [5, 5.41) is 11.1. The number of benzene rings is 1. The highest BCUT2D eigenvalue weighted by Crippen LogP contribution is 2.30. The summed E-state index contributed by atoms with van der Waals surface area (Å²) >= 11 is 0. The van der Waals surface area contributed by atoms with Gasteiger partial charge >= 0.3 is 5.97 Å². The highest BCUT2D eigenvalue weighted by Gasteiger charge is 2.28. The molecule has 0 unspecified atom stereocenters. The zero-order chi connectivity index (χ0) is 20.2. The Morgan fingerprint density at radius 3 is 2.52 bits per heavy atom. The predicted octanol–water partition coefficient (Wildman–Crippen LogP) is 1.80. The van der Waals surface area contributed by atoms with Gasteiger partial charge in [-0.15, -0.1) is 0 Å². The van der Waals surface area contributed by atoms with Crippen molar-refractivity contribution in [2.24, 2.45) is 5.92 Å². The summed E-state index contributed by atoms with van der Waals surface area (Å²) in [6.45, 7) is 2.69. The number of carbonyl (C=O) groups excluding carboxylic acids is 2. The van der Waals surface area contributed by atoms with Crippen molar-refractivity contribution < 1.29 is 27.7 Å². The van der Waals surface area contributed by atoms with Crippen molar-refractivity contribution in [1.82, 2.24) is 4.90 Å². The average Bonchev–Trinajstić information content (AvgIpc) is 3.41. The van der Waals surface area contributed by atoms with Crippen LogP contribution in [0.15, 0.2) is 23.1 Å². The number of carbonyl (C=O) groups is 2. The van der Waals surface area contributed by atoms with Gasteiger partial charge in [0.15, 0.2) is 16.4 Å². The second-order valence-corrected chi connectivity index (χ2v) is 8.56. The number of nitro groups is 1. The molecule has 0 atom stereocenters. The van der Waals surface area contributed by atoms with Crippen molar-refractivity contribution in [3.05, 3.63) is 33.9 Å². The Bertz CT molecular complexity index is 847. The molecule has 27 heavy (non-hydrogen) atoms. The van der Waals surface area contributed by atoms with Crippen LogP contribution in [-0.4, -0.2) is 56.1 Å². The van der Waals surface area contributed by atoms with E-state index >= 15 is 0 Å². The van der Waals surface area contributed by atoms with Crippen LogP contribution in [0.5, 0.6) is 0 Å². The summed E-state index contributed by atoms with van der Waals surface area (Å²) in [6, 6.07) is 2.96. The van der Waals surface area contributed by atoms with E-state index in [1.165, 1.54) is 0 Å². The lowest BCUT2D eigenvalue weighted by atomic mass is 10.2. The maximum absolute atomic E-state index is 12.3. The van der Waals surface area contributed by atoms with Gasteiger partial charge in [-0.2, -0.15) is 0 Å². The number of hydrogen-bond donors (Lipinski definition) is 0. The van der Waals surface area contributed by atoms with Crippen LogP contribution in [0.3, 0.4) is 0 Å². The molecule has 1 saturated carbocycles. The Morgan fingerprint density at radius 2 is 2.00 bits per heavy atom. The summed E-state index contributed by atoms with van der Waals surface area (Å²) in [5.41, 5.74) is -0.897. The fraction of sp³-hybridized carbons (Fsp3) is 0.529. The quantitative estimate of drug-likeness (QED) is 0.353. The third-order valence-electron chi connectivity index (χ3n) is 4.14. The fourth-order valence-corrected chi connectivity index (χ4v) is 3.43. The van der Waals surface area contributed by atoms with Crippen LogP contribution >= 0.6 is 0 Å². The first kappa shape index (κ1) is 20.8. The van der Waals surface area contributed by atoms with Crippen LogP contribution in [0.4, 0.5) is 5.69 Å². The normalized spacial score (nSPS) is 13.9. The lowest BCUT2D eigenvalue weighted by molar-refractivity contribution is -0.387. The van der Waals surface area contributed by atoms with Gasteiger partial charge in [-0.1, -0.05) is 6.92 Å². The average molecular weight is 398 g/mol. The molecular formula is C17H22N2O7S. The fourth-order valence-electron chi connectivity index (χ4n) is 2.60. The van der Waals surface area contributed by atoms with Gasteiger partial charge in [0.25, 0.3) is 11.6 Å². The number of rotatable bonds is 9. The van der Waals surface area contributed by atoms with Crippen molar-refractivity contribution in [3.63, 3.8) is 0 Å². The van der Waals surface area contributed by atoms with Crippen LogP contribution in [0.2, 0.25) is 0 Å². The molecule has 0 spiro atoms. The second-order valence-electron chi connectivity index (χ2n) is 6.57. The molecular weight excluding hydrogens is 376 g/mol. The molecule has 1 aromatic rings. The number of esters is 1. The lowest BCUT2D eigenvalue weighted by Gasteiger charge is -2.21. The Labute approximate surface area is 157 Å². The molecule has 0 aromatic heterocycles. The molecule has 1 fully saturated rings. The molecule has 1 aliphatic carbocycles. The number of sulfone groups is 1. The van der Waals surface area contributed by atoms with E-state index in [4.69, 9.17) is 4.74 Å². The molecule has 9 nitrogen and oxygen atoms in total. The van der Waals surface area contributed by atoms with Crippen molar-refractivity contribution in [3.8, 4) is 0 Å². The van der Waals surface area contributed by atoms with E-state index in [9.17, 15) is 28.1 Å². The maximum atomic E-state index is 12.3. The lowest BCUT2D eigenvalue weighted by Crippen LogP contribution is -2.36. The summed E-state index contributed by atoms with van der Waals surface area (Å²) in [4.78, 5) is 35.8. The molecule has 1 aromatic carbocycles. The molecule has 0 radical (unpaired) electrons. The largest absolute Gasteiger partial charge is 0.452 e. The van der Waals surface area contributed by atoms with Crippen LogP contribution in [0, 0.1) is 16.0 Å². The van der Waals surface area contributed by atoms with Crippen LogP contribution < -0.4 is 0 Å².